The second-order valence-electron chi connectivity index (χ2n) is 7.57. The normalized spacial score (nSPS) is 12.6. The lowest BCUT2D eigenvalue weighted by Gasteiger charge is -2.22. The Morgan fingerprint density at radius 2 is 1.72 bits per heavy atom. The highest BCUT2D eigenvalue weighted by Crippen LogP contribution is 2.25. The first kappa shape index (κ1) is 20.7. The van der Waals surface area contributed by atoms with Gasteiger partial charge in [0.25, 0.3) is 5.91 Å². The van der Waals surface area contributed by atoms with Crippen molar-refractivity contribution in [3.63, 3.8) is 0 Å². The number of rotatable bonds is 7. The smallest absolute Gasteiger partial charge is 0.326 e. The highest BCUT2D eigenvalue weighted by Gasteiger charge is 2.23. The molecular formula is C19H28N2O4. The third-order valence-corrected chi connectivity index (χ3v) is 3.73. The molecule has 0 saturated heterocycles. The van der Waals surface area contributed by atoms with Crippen molar-refractivity contribution in [2.45, 2.75) is 52.5 Å². The Kier molecular flexibility index (Phi) is 7.15. The van der Waals surface area contributed by atoms with Crippen LogP contribution in [0.15, 0.2) is 24.3 Å². The molecule has 3 N–H and O–H groups in total. The maximum atomic E-state index is 12.4. The van der Waals surface area contributed by atoms with Crippen LogP contribution in [-0.2, 0) is 15.0 Å². The largest absolute Gasteiger partial charge is 0.480 e. The number of carboxylic acids is 1. The number of amides is 2. The summed E-state index contributed by atoms with van der Waals surface area (Å²) in [4.78, 5) is 35.6. The number of carboxylic acid groups (broad SMARTS) is 1. The number of hydrogen-bond acceptors (Lipinski definition) is 3. The van der Waals surface area contributed by atoms with Crippen molar-refractivity contribution < 1.29 is 19.5 Å². The first-order valence-corrected chi connectivity index (χ1v) is 8.42. The highest BCUT2D eigenvalue weighted by atomic mass is 16.4. The van der Waals surface area contributed by atoms with Crippen LogP contribution in [0, 0.1) is 5.92 Å². The number of carbonyl (C=O) groups is 3. The molecule has 0 radical (unpaired) electrons. The third-order valence-electron chi connectivity index (χ3n) is 3.73. The van der Waals surface area contributed by atoms with Crippen molar-refractivity contribution in [1.82, 2.24) is 10.6 Å². The molecule has 0 aliphatic heterocycles. The van der Waals surface area contributed by atoms with Crippen molar-refractivity contribution in [1.29, 1.82) is 0 Å². The first-order chi connectivity index (χ1) is 11.5. The zero-order valence-corrected chi connectivity index (χ0v) is 15.6. The summed E-state index contributed by atoms with van der Waals surface area (Å²) in [6, 6.07) is 6.29. The monoisotopic (exact) mass is 348 g/mol. The molecule has 1 aromatic rings. The molecule has 2 amide bonds. The van der Waals surface area contributed by atoms with Gasteiger partial charge in [-0.3, -0.25) is 9.59 Å². The number of carbonyl (C=O) groups excluding carboxylic acids is 2. The molecular weight excluding hydrogens is 320 g/mol. The Bertz CT molecular complexity index is 633. The SMILES string of the molecule is CC(C)C[C@H](NC(=O)CNC(=O)c1ccccc1C(C)(C)C)C(=O)O. The van der Waals surface area contributed by atoms with E-state index >= 15 is 0 Å². The summed E-state index contributed by atoms with van der Waals surface area (Å²) >= 11 is 0. The van der Waals surface area contributed by atoms with Crippen LogP contribution in [0.3, 0.4) is 0 Å². The second-order valence-corrected chi connectivity index (χ2v) is 7.57. The Balaban J connectivity index is 2.71. The molecule has 0 spiro atoms. The minimum atomic E-state index is -1.08. The van der Waals surface area contributed by atoms with E-state index in [4.69, 9.17) is 5.11 Å². The van der Waals surface area contributed by atoms with Gasteiger partial charge in [0.05, 0.1) is 6.54 Å². The standard InChI is InChI=1S/C19H28N2O4/c1-12(2)10-15(18(24)25)21-16(22)11-20-17(23)13-8-6-7-9-14(13)19(3,4)5/h6-9,12,15H,10-11H2,1-5H3,(H,20,23)(H,21,22)(H,24,25)/t15-/m0/s1. The molecule has 1 rings (SSSR count). The Labute approximate surface area is 149 Å². The lowest BCUT2D eigenvalue weighted by molar-refractivity contribution is -0.142. The van der Waals surface area contributed by atoms with E-state index in [9.17, 15) is 14.4 Å². The van der Waals surface area contributed by atoms with Gasteiger partial charge in [0.15, 0.2) is 0 Å². The number of aliphatic carboxylic acids is 1. The van der Waals surface area contributed by atoms with Gasteiger partial charge in [0, 0.05) is 5.56 Å². The summed E-state index contributed by atoms with van der Waals surface area (Å²) in [7, 11) is 0. The molecule has 0 aromatic heterocycles. The average Bonchev–Trinajstić information content (AvgIpc) is 2.50. The van der Waals surface area contributed by atoms with Crippen molar-refractivity contribution in [2.24, 2.45) is 5.92 Å². The molecule has 25 heavy (non-hydrogen) atoms. The first-order valence-electron chi connectivity index (χ1n) is 8.42. The van der Waals surface area contributed by atoms with Crippen molar-refractivity contribution in [2.75, 3.05) is 6.54 Å². The third kappa shape index (κ3) is 6.57. The molecule has 0 fully saturated rings. The summed E-state index contributed by atoms with van der Waals surface area (Å²) < 4.78 is 0. The Morgan fingerprint density at radius 3 is 2.24 bits per heavy atom. The van der Waals surface area contributed by atoms with E-state index in [0.29, 0.717) is 12.0 Å². The van der Waals surface area contributed by atoms with Crippen LogP contribution in [0.2, 0.25) is 0 Å². The lowest BCUT2D eigenvalue weighted by Crippen LogP contribution is -2.46. The molecule has 0 saturated carbocycles. The van der Waals surface area contributed by atoms with E-state index in [-0.39, 0.29) is 23.8 Å². The maximum Gasteiger partial charge on any atom is 0.326 e. The van der Waals surface area contributed by atoms with Crippen LogP contribution in [0.25, 0.3) is 0 Å². The van der Waals surface area contributed by atoms with Crippen molar-refractivity contribution in [3.05, 3.63) is 35.4 Å². The predicted molar refractivity (Wildman–Crippen MR) is 96.5 cm³/mol. The van der Waals surface area contributed by atoms with Crippen LogP contribution in [-0.4, -0.2) is 35.5 Å². The molecule has 1 atom stereocenters. The molecule has 6 heteroatoms. The predicted octanol–water partition coefficient (Wildman–Crippen LogP) is 2.33. The van der Waals surface area contributed by atoms with Gasteiger partial charge in [0.2, 0.25) is 5.91 Å². The maximum absolute atomic E-state index is 12.4. The quantitative estimate of drug-likeness (QED) is 0.705. The topological polar surface area (TPSA) is 95.5 Å². The van der Waals surface area contributed by atoms with Gasteiger partial charge in [-0.25, -0.2) is 4.79 Å². The van der Waals surface area contributed by atoms with Gasteiger partial charge in [-0.15, -0.1) is 0 Å². The second kappa shape index (κ2) is 8.65. The van der Waals surface area contributed by atoms with Gasteiger partial charge in [-0.2, -0.15) is 0 Å². The van der Waals surface area contributed by atoms with E-state index in [1.54, 1.807) is 12.1 Å². The molecule has 0 bridgehead atoms. The summed E-state index contributed by atoms with van der Waals surface area (Å²) in [6.07, 6.45) is 0.335. The number of hydrogen-bond donors (Lipinski definition) is 3. The van der Waals surface area contributed by atoms with Gasteiger partial charge < -0.3 is 15.7 Å². The minimum Gasteiger partial charge on any atom is -0.480 e. The fourth-order valence-electron chi connectivity index (χ4n) is 2.53. The van der Waals surface area contributed by atoms with Crippen LogP contribution < -0.4 is 10.6 Å². The molecule has 138 valence electrons. The van der Waals surface area contributed by atoms with Crippen LogP contribution in [0.1, 0.15) is 57.0 Å². The molecule has 1 aromatic carbocycles. The number of nitrogens with one attached hydrogen (secondary N) is 2. The summed E-state index contributed by atoms with van der Waals surface area (Å²) in [5.41, 5.74) is 1.19. The zero-order chi connectivity index (χ0) is 19.2. The summed E-state index contributed by atoms with van der Waals surface area (Å²) in [6.45, 7) is 9.53. The highest BCUT2D eigenvalue weighted by molar-refractivity contribution is 5.98. The average molecular weight is 348 g/mol. The molecule has 6 nitrogen and oxygen atoms in total. The summed E-state index contributed by atoms with van der Waals surface area (Å²) in [5, 5.41) is 14.2. The van der Waals surface area contributed by atoms with Crippen molar-refractivity contribution >= 4 is 17.8 Å². The Hall–Kier alpha value is -2.37. The van der Waals surface area contributed by atoms with E-state index < -0.39 is 17.9 Å². The van der Waals surface area contributed by atoms with E-state index in [1.165, 1.54) is 0 Å². The number of benzene rings is 1. The van der Waals surface area contributed by atoms with Crippen molar-refractivity contribution in [3.8, 4) is 0 Å². The fourth-order valence-corrected chi connectivity index (χ4v) is 2.53. The molecule has 0 unspecified atom stereocenters. The van der Waals surface area contributed by atoms with E-state index in [2.05, 4.69) is 10.6 Å². The van der Waals surface area contributed by atoms with E-state index in [1.807, 2.05) is 46.8 Å². The Morgan fingerprint density at radius 1 is 1.12 bits per heavy atom. The van der Waals surface area contributed by atoms with Crippen LogP contribution >= 0.6 is 0 Å². The van der Waals surface area contributed by atoms with Crippen LogP contribution in [0.5, 0.6) is 0 Å². The molecule has 0 aliphatic carbocycles. The summed E-state index contributed by atoms with van der Waals surface area (Å²) in [5.74, 6) is -1.81. The lowest BCUT2D eigenvalue weighted by atomic mass is 9.83. The van der Waals surface area contributed by atoms with E-state index in [0.717, 1.165) is 5.56 Å². The van der Waals surface area contributed by atoms with Gasteiger partial charge in [-0.1, -0.05) is 52.8 Å². The molecule has 0 aliphatic rings. The zero-order valence-electron chi connectivity index (χ0n) is 15.6. The van der Waals surface area contributed by atoms with Gasteiger partial charge in [-0.05, 0) is 29.4 Å². The molecule has 0 heterocycles. The fraction of sp³-hybridized carbons (Fsp3) is 0.526. The van der Waals surface area contributed by atoms with Gasteiger partial charge >= 0.3 is 5.97 Å². The van der Waals surface area contributed by atoms with Gasteiger partial charge in [0.1, 0.15) is 6.04 Å². The minimum absolute atomic E-state index is 0.134. The van der Waals surface area contributed by atoms with Crippen LogP contribution in [0.4, 0.5) is 0 Å².